The van der Waals surface area contributed by atoms with Gasteiger partial charge in [0.05, 0.1) is 0 Å². The Kier molecular flexibility index (Phi) is 4.11. The molecule has 0 aliphatic heterocycles. The molecule has 0 heteroatoms. The highest BCUT2D eigenvalue weighted by molar-refractivity contribution is 4.71. The van der Waals surface area contributed by atoms with Gasteiger partial charge in [-0.2, -0.15) is 0 Å². The van der Waals surface area contributed by atoms with Gasteiger partial charge in [0, 0.05) is 0 Å². The molecule has 0 heterocycles. The van der Waals surface area contributed by atoms with E-state index in [1.54, 1.807) is 0 Å². The van der Waals surface area contributed by atoms with E-state index in [0.717, 1.165) is 17.8 Å². The molecule has 0 bridgehead atoms. The predicted molar refractivity (Wildman–Crippen MR) is 55.2 cm³/mol. The van der Waals surface area contributed by atoms with E-state index >= 15 is 0 Å². The van der Waals surface area contributed by atoms with Gasteiger partial charge < -0.3 is 0 Å². The quantitative estimate of drug-likeness (QED) is 0.541. The van der Waals surface area contributed by atoms with Crippen molar-refractivity contribution in [2.75, 3.05) is 0 Å². The fourth-order valence-corrected chi connectivity index (χ4v) is 2.42. The van der Waals surface area contributed by atoms with E-state index in [1.807, 2.05) is 0 Å². The third-order valence-electron chi connectivity index (χ3n) is 3.75. The number of hydrogen-bond donors (Lipinski definition) is 0. The largest absolute Gasteiger partial charge is 0.0651 e. The van der Waals surface area contributed by atoms with Crippen LogP contribution in [0.1, 0.15) is 59.3 Å². The van der Waals surface area contributed by atoms with E-state index in [0.29, 0.717) is 0 Å². The molecule has 0 radical (unpaired) electrons. The van der Waals surface area contributed by atoms with Crippen LogP contribution < -0.4 is 0 Å². The zero-order chi connectivity index (χ0) is 8.97. The molecule has 3 atom stereocenters. The Labute approximate surface area is 77.7 Å². The van der Waals surface area contributed by atoms with Gasteiger partial charge in [-0.1, -0.05) is 52.9 Å². The second-order valence-corrected chi connectivity index (χ2v) is 4.76. The Hall–Kier alpha value is 0. The highest BCUT2D eigenvalue weighted by Gasteiger charge is 2.19. The topological polar surface area (TPSA) is 0 Å². The van der Waals surface area contributed by atoms with Gasteiger partial charge in [0.15, 0.2) is 0 Å². The van der Waals surface area contributed by atoms with Crippen molar-refractivity contribution >= 4 is 0 Å². The van der Waals surface area contributed by atoms with Crippen molar-refractivity contribution in [1.29, 1.82) is 0 Å². The molecular weight excluding hydrogens is 144 g/mol. The van der Waals surface area contributed by atoms with Gasteiger partial charge in [-0.05, 0) is 24.2 Å². The Bertz CT molecular complexity index is 117. The van der Waals surface area contributed by atoms with E-state index in [4.69, 9.17) is 0 Å². The molecule has 0 aromatic carbocycles. The summed E-state index contributed by atoms with van der Waals surface area (Å²) in [5.74, 6) is 3.01. The maximum Gasteiger partial charge on any atom is -0.0388 e. The van der Waals surface area contributed by atoms with Crippen molar-refractivity contribution in [3.05, 3.63) is 0 Å². The highest BCUT2D eigenvalue weighted by Crippen LogP contribution is 2.32. The average Bonchev–Trinajstić information content (AvgIpc) is 2.29. The molecule has 1 saturated carbocycles. The second kappa shape index (κ2) is 4.89. The summed E-state index contributed by atoms with van der Waals surface area (Å²) in [6.45, 7) is 7.18. The second-order valence-electron chi connectivity index (χ2n) is 4.76. The van der Waals surface area contributed by atoms with Crippen molar-refractivity contribution in [2.45, 2.75) is 59.3 Å². The van der Waals surface area contributed by atoms with Gasteiger partial charge >= 0.3 is 0 Å². The van der Waals surface area contributed by atoms with E-state index in [1.165, 1.54) is 38.5 Å². The minimum absolute atomic E-state index is 0.968. The lowest BCUT2D eigenvalue weighted by Gasteiger charge is -2.20. The maximum absolute atomic E-state index is 2.43. The molecule has 0 N–H and O–H groups in total. The zero-order valence-corrected chi connectivity index (χ0v) is 8.97. The SMILES string of the molecule is CCC(C)C1CCCC(C)CC1. The van der Waals surface area contributed by atoms with Crippen molar-refractivity contribution in [3.63, 3.8) is 0 Å². The molecule has 0 saturated heterocycles. The van der Waals surface area contributed by atoms with Gasteiger partial charge in [-0.25, -0.2) is 0 Å². The summed E-state index contributed by atoms with van der Waals surface area (Å²) >= 11 is 0. The Morgan fingerprint density at radius 1 is 1.17 bits per heavy atom. The third kappa shape index (κ3) is 2.80. The average molecular weight is 168 g/mol. The maximum atomic E-state index is 2.43. The van der Waals surface area contributed by atoms with Crippen LogP contribution in [0.4, 0.5) is 0 Å². The Morgan fingerprint density at radius 2 is 1.92 bits per heavy atom. The van der Waals surface area contributed by atoms with Gasteiger partial charge in [-0.15, -0.1) is 0 Å². The van der Waals surface area contributed by atoms with E-state index in [-0.39, 0.29) is 0 Å². The van der Waals surface area contributed by atoms with Crippen LogP contribution in [0.25, 0.3) is 0 Å². The van der Waals surface area contributed by atoms with Gasteiger partial charge in [0.2, 0.25) is 0 Å². The zero-order valence-electron chi connectivity index (χ0n) is 8.97. The minimum Gasteiger partial charge on any atom is -0.0651 e. The van der Waals surface area contributed by atoms with Crippen LogP contribution in [0.2, 0.25) is 0 Å². The van der Waals surface area contributed by atoms with Crippen LogP contribution in [-0.2, 0) is 0 Å². The summed E-state index contributed by atoms with van der Waals surface area (Å²) in [5, 5.41) is 0. The monoisotopic (exact) mass is 168 g/mol. The summed E-state index contributed by atoms with van der Waals surface area (Å²) < 4.78 is 0. The summed E-state index contributed by atoms with van der Waals surface area (Å²) in [6, 6.07) is 0. The fraction of sp³-hybridized carbons (Fsp3) is 1.00. The van der Waals surface area contributed by atoms with E-state index < -0.39 is 0 Å². The molecule has 0 aromatic rings. The van der Waals surface area contributed by atoms with Gasteiger partial charge in [-0.3, -0.25) is 0 Å². The lowest BCUT2D eigenvalue weighted by atomic mass is 9.86. The van der Waals surface area contributed by atoms with Crippen LogP contribution >= 0.6 is 0 Å². The summed E-state index contributed by atoms with van der Waals surface area (Å²) in [4.78, 5) is 0. The Morgan fingerprint density at radius 3 is 2.58 bits per heavy atom. The van der Waals surface area contributed by atoms with Crippen molar-refractivity contribution < 1.29 is 0 Å². The van der Waals surface area contributed by atoms with Crippen molar-refractivity contribution in [3.8, 4) is 0 Å². The molecule has 0 amide bonds. The summed E-state index contributed by atoms with van der Waals surface area (Å²) in [5.41, 5.74) is 0. The van der Waals surface area contributed by atoms with E-state index in [2.05, 4.69) is 20.8 Å². The predicted octanol–water partition coefficient (Wildman–Crippen LogP) is 4.25. The number of hydrogen-bond acceptors (Lipinski definition) is 0. The molecule has 1 fully saturated rings. The number of rotatable bonds is 2. The molecule has 12 heavy (non-hydrogen) atoms. The molecule has 1 rings (SSSR count). The first-order chi connectivity index (χ1) is 5.74. The van der Waals surface area contributed by atoms with Crippen LogP contribution in [0.15, 0.2) is 0 Å². The van der Waals surface area contributed by atoms with Gasteiger partial charge in [0.1, 0.15) is 0 Å². The molecule has 1 aliphatic rings. The van der Waals surface area contributed by atoms with Crippen molar-refractivity contribution in [1.82, 2.24) is 0 Å². The van der Waals surface area contributed by atoms with E-state index in [9.17, 15) is 0 Å². The molecule has 0 spiro atoms. The first kappa shape index (κ1) is 10.1. The summed E-state index contributed by atoms with van der Waals surface area (Å²) in [7, 11) is 0. The molecule has 3 unspecified atom stereocenters. The van der Waals surface area contributed by atoms with Crippen molar-refractivity contribution in [2.24, 2.45) is 17.8 Å². The lowest BCUT2D eigenvalue weighted by Crippen LogP contribution is -2.09. The first-order valence-electron chi connectivity index (χ1n) is 5.74. The normalized spacial score (nSPS) is 34.2. The Balaban J connectivity index is 2.35. The standard InChI is InChI=1S/C12H24/c1-4-11(3)12-7-5-6-10(2)8-9-12/h10-12H,4-9H2,1-3H3. The smallest absolute Gasteiger partial charge is 0.0388 e. The van der Waals surface area contributed by atoms with Crippen LogP contribution in [0.5, 0.6) is 0 Å². The first-order valence-corrected chi connectivity index (χ1v) is 5.74. The minimum atomic E-state index is 0.968. The lowest BCUT2D eigenvalue weighted by molar-refractivity contribution is 0.309. The fourth-order valence-electron chi connectivity index (χ4n) is 2.42. The molecule has 0 nitrogen and oxygen atoms in total. The molecule has 72 valence electrons. The summed E-state index contributed by atoms with van der Waals surface area (Å²) in [6.07, 6.45) is 8.81. The van der Waals surface area contributed by atoms with Crippen LogP contribution in [0.3, 0.4) is 0 Å². The highest BCUT2D eigenvalue weighted by atomic mass is 14.3. The third-order valence-corrected chi connectivity index (χ3v) is 3.75. The molecule has 1 aliphatic carbocycles. The van der Waals surface area contributed by atoms with Gasteiger partial charge in [0.25, 0.3) is 0 Å². The van der Waals surface area contributed by atoms with Crippen LogP contribution in [-0.4, -0.2) is 0 Å². The van der Waals surface area contributed by atoms with Crippen LogP contribution in [0, 0.1) is 17.8 Å². The molecular formula is C12H24. The molecule has 0 aromatic heterocycles.